The van der Waals surface area contributed by atoms with E-state index >= 15 is 0 Å². The van der Waals surface area contributed by atoms with Gasteiger partial charge >= 0.3 is 0 Å². The highest BCUT2D eigenvalue weighted by molar-refractivity contribution is 5.70. The number of nitrogens with one attached hydrogen (secondary N) is 2. The minimum Gasteiger partial charge on any atom is -0.495 e. The zero-order chi connectivity index (χ0) is 24.0. The number of nitrogen functional groups attached to an aromatic ring is 1. The maximum absolute atomic E-state index is 6.32. The molecule has 0 amide bonds. The molecule has 9 heteroatoms. The molecule has 2 saturated heterocycles. The molecule has 9 nitrogen and oxygen atoms in total. The molecule has 0 radical (unpaired) electrons. The van der Waals surface area contributed by atoms with Crippen LogP contribution in [0.5, 0.6) is 11.5 Å². The van der Waals surface area contributed by atoms with E-state index in [1.165, 1.54) is 0 Å². The number of rotatable bonds is 7. The summed E-state index contributed by atoms with van der Waals surface area (Å²) in [6, 6.07) is 13.7. The molecule has 0 aliphatic carbocycles. The number of morpholine rings is 1. The molecule has 2 aromatic carbocycles. The largest absolute Gasteiger partial charge is 0.495 e. The Morgan fingerprint density at radius 2 is 1.89 bits per heavy atom. The number of nitrogens with zero attached hydrogens (tertiary/aromatic N) is 3. The van der Waals surface area contributed by atoms with Gasteiger partial charge in [-0.25, -0.2) is 9.97 Å². The lowest BCUT2D eigenvalue weighted by molar-refractivity contribution is 0.122. The molecule has 35 heavy (non-hydrogen) atoms. The molecular weight excluding hydrogens is 444 g/mol. The van der Waals surface area contributed by atoms with Crippen LogP contribution in [0.4, 0.5) is 23.0 Å². The summed E-state index contributed by atoms with van der Waals surface area (Å²) in [6.45, 7) is 5.08. The van der Waals surface area contributed by atoms with Crippen LogP contribution in [0.15, 0.2) is 48.7 Å². The van der Waals surface area contributed by atoms with Gasteiger partial charge < -0.3 is 35.5 Å². The third kappa shape index (κ3) is 5.58. The Morgan fingerprint density at radius 3 is 2.66 bits per heavy atom. The number of methoxy groups -OCH3 is 1. The van der Waals surface area contributed by atoms with Gasteiger partial charge in [-0.15, -0.1) is 0 Å². The third-order valence-electron chi connectivity index (χ3n) is 6.33. The summed E-state index contributed by atoms with van der Waals surface area (Å²) in [5, 5.41) is 6.64. The molecule has 0 unspecified atom stereocenters. The molecule has 3 heterocycles. The first kappa shape index (κ1) is 23.2. The fourth-order valence-electron chi connectivity index (χ4n) is 4.44. The summed E-state index contributed by atoms with van der Waals surface area (Å²) in [4.78, 5) is 11.4. The van der Waals surface area contributed by atoms with Gasteiger partial charge in [0.25, 0.3) is 0 Å². The zero-order valence-electron chi connectivity index (χ0n) is 20.0. The molecule has 2 fully saturated rings. The highest BCUT2D eigenvalue weighted by Crippen LogP contribution is 2.33. The van der Waals surface area contributed by atoms with Crippen molar-refractivity contribution in [3.63, 3.8) is 0 Å². The Balaban J connectivity index is 1.30. The molecule has 0 spiro atoms. The van der Waals surface area contributed by atoms with E-state index in [0.717, 1.165) is 86.4 Å². The van der Waals surface area contributed by atoms with Gasteiger partial charge in [0.1, 0.15) is 17.6 Å². The first-order valence-corrected chi connectivity index (χ1v) is 12.1. The van der Waals surface area contributed by atoms with E-state index in [4.69, 9.17) is 24.9 Å². The normalized spacial score (nSPS) is 16.7. The summed E-state index contributed by atoms with van der Waals surface area (Å²) in [6.07, 6.45) is 3.91. The summed E-state index contributed by atoms with van der Waals surface area (Å²) in [5.74, 6) is 2.02. The first-order chi connectivity index (χ1) is 17.2. The summed E-state index contributed by atoms with van der Waals surface area (Å²) in [5.41, 5.74) is 10.5. The fraction of sp³-hybridized carbons (Fsp3) is 0.385. The molecule has 4 N–H and O–H groups in total. The van der Waals surface area contributed by atoms with Crippen molar-refractivity contribution in [3.8, 4) is 22.8 Å². The van der Waals surface area contributed by atoms with Crippen LogP contribution in [0.3, 0.4) is 0 Å². The monoisotopic (exact) mass is 476 g/mol. The second-order valence-electron chi connectivity index (χ2n) is 8.70. The van der Waals surface area contributed by atoms with Crippen molar-refractivity contribution in [2.45, 2.75) is 18.9 Å². The number of piperidine rings is 1. The lowest BCUT2D eigenvalue weighted by Crippen LogP contribution is -2.36. The second-order valence-corrected chi connectivity index (χ2v) is 8.70. The molecule has 5 rings (SSSR count). The van der Waals surface area contributed by atoms with Crippen molar-refractivity contribution in [2.24, 2.45) is 0 Å². The van der Waals surface area contributed by atoms with Crippen LogP contribution in [0.1, 0.15) is 12.8 Å². The smallest absolute Gasteiger partial charge is 0.227 e. The first-order valence-electron chi connectivity index (χ1n) is 12.1. The van der Waals surface area contributed by atoms with Crippen LogP contribution in [-0.4, -0.2) is 62.6 Å². The SMILES string of the molecule is COc1cc(Nc2nccc(-c3ccc(OC4CCNCC4)c(N)c3)n2)ccc1N1CCOCC1. The second kappa shape index (κ2) is 10.8. The minimum absolute atomic E-state index is 0.200. The maximum atomic E-state index is 6.32. The Bertz CT molecular complexity index is 1150. The lowest BCUT2D eigenvalue weighted by atomic mass is 10.1. The topological polar surface area (TPSA) is 107 Å². The standard InChI is InChI=1S/C26H32N6O3/c1-33-25-17-19(3-4-23(25)32-12-14-34-15-13-32)30-26-29-11-8-22(31-26)18-2-5-24(21(27)16-18)35-20-6-9-28-10-7-20/h2-5,8,11,16-17,20,28H,6-7,9-10,12-15,27H2,1H3,(H,29,30,31). The highest BCUT2D eigenvalue weighted by atomic mass is 16.5. The van der Waals surface area contributed by atoms with Crippen LogP contribution in [0, 0.1) is 0 Å². The molecule has 0 atom stereocenters. The molecule has 0 bridgehead atoms. The van der Waals surface area contributed by atoms with E-state index in [-0.39, 0.29) is 6.10 Å². The van der Waals surface area contributed by atoms with E-state index in [1.807, 2.05) is 36.4 Å². The predicted octanol–water partition coefficient (Wildman–Crippen LogP) is 3.45. The van der Waals surface area contributed by atoms with Crippen LogP contribution in [0.25, 0.3) is 11.3 Å². The van der Waals surface area contributed by atoms with E-state index in [1.54, 1.807) is 13.3 Å². The number of nitrogens with two attached hydrogens (primary N) is 1. The third-order valence-corrected chi connectivity index (χ3v) is 6.33. The Hall–Kier alpha value is -3.56. The number of anilines is 4. The summed E-state index contributed by atoms with van der Waals surface area (Å²) >= 11 is 0. The molecule has 1 aromatic heterocycles. The van der Waals surface area contributed by atoms with Crippen LogP contribution < -0.4 is 30.7 Å². The molecule has 3 aromatic rings. The Kier molecular flexibility index (Phi) is 7.15. The average molecular weight is 477 g/mol. The van der Waals surface area contributed by atoms with Gasteiger partial charge in [-0.05, 0) is 62.3 Å². The summed E-state index contributed by atoms with van der Waals surface area (Å²) < 4.78 is 17.2. The molecule has 0 saturated carbocycles. The summed E-state index contributed by atoms with van der Waals surface area (Å²) in [7, 11) is 1.68. The number of benzene rings is 2. The van der Waals surface area contributed by atoms with E-state index in [9.17, 15) is 0 Å². The van der Waals surface area contributed by atoms with Crippen LogP contribution >= 0.6 is 0 Å². The van der Waals surface area contributed by atoms with Gasteiger partial charge in [-0.1, -0.05) is 0 Å². The fourth-order valence-corrected chi connectivity index (χ4v) is 4.44. The van der Waals surface area contributed by atoms with Gasteiger partial charge in [0.15, 0.2) is 0 Å². The maximum Gasteiger partial charge on any atom is 0.227 e. The van der Waals surface area contributed by atoms with Crippen molar-refractivity contribution in [2.75, 3.05) is 62.5 Å². The minimum atomic E-state index is 0.200. The van der Waals surface area contributed by atoms with Gasteiger partial charge in [0.2, 0.25) is 5.95 Å². The van der Waals surface area contributed by atoms with Gasteiger partial charge in [0.05, 0.1) is 37.4 Å². The Morgan fingerprint density at radius 1 is 1.06 bits per heavy atom. The van der Waals surface area contributed by atoms with E-state index < -0.39 is 0 Å². The number of hydrogen-bond acceptors (Lipinski definition) is 9. The molecule has 2 aliphatic rings. The average Bonchev–Trinajstić information content (AvgIpc) is 2.91. The van der Waals surface area contributed by atoms with Gasteiger partial charge in [0, 0.05) is 36.6 Å². The number of aromatic nitrogens is 2. The van der Waals surface area contributed by atoms with Crippen molar-refractivity contribution in [1.82, 2.24) is 15.3 Å². The van der Waals surface area contributed by atoms with E-state index in [0.29, 0.717) is 11.6 Å². The highest BCUT2D eigenvalue weighted by Gasteiger charge is 2.17. The van der Waals surface area contributed by atoms with Gasteiger partial charge in [-0.3, -0.25) is 0 Å². The van der Waals surface area contributed by atoms with Crippen LogP contribution in [-0.2, 0) is 4.74 Å². The van der Waals surface area contributed by atoms with Crippen molar-refractivity contribution < 1.29 is 14.2 Å². The van der Waals surface area contributed by atoms with Crippen molar-refractivity contribution in [3.05, 3.63) is 48.7 Å². The van der Waals surface area contributed by atoms with Crippen LogP contribution in [0.2, 0.25) is 0 Å². The number of hydrogen-bond donors (Lipinski definition) is 3. The molecular formula is C26H32N6O3. The Labute approximate surface area is 205 Å². The predicted molar refractivity (Wildman–Crippen MR) is 138 cm³/mol. The number of ether oxygens (including phenoxy) is 3. The van der Waals surface area contributed by atoms with E-state index in [2.05, 4.69) is 26.6 Å². The molecule has 2 aliphatic heterocycles. The van der Waals surface area contributed by atoms with Crippen molar-refractivity contribution >= 4 is 23.0 Å². The van der Waals surface area contributed by atoms with Gasteiger partial charge in [-0.2, -0.15) is 0 Å². The molecule has 184 valence electrons. The lowest BCUT2D eigenvalue weighted by Gasteiger charge is -2.30. The zero-order valence-corrected chi connectivity index (χ0v) is 20.0. The van der Waals surface area contributed by atoms with Crippen molar-refractivity contribution in [1.29, 1.82) is 0 Å². The quantitative estimate of drug-likeness (QED) is 0.442.